The van der Waals surface area contributed by atoms with Gasteiger partial charge in [0.1, 0.15) is 47.0 Å². The number of benzene rings is 3. The van der Waals surface area contributed by atoms with E-state index in [1.165, 1.54) is 4.90 Å². The molecule has 5 aliphatic heterocycles. The number of hydrogen-bond donors (Lipinski definition) is 4. The lowest BCUT2D eigenvalue weighted by molar-refractivity contribution is -0.141. The maximum absolute atomic E-state index is 17.2. The highest BCUT2D eigenvalue weighted by Crippen LogP contribution is 2.40. The van der Waals surface area contributed by atoms with Crippen LogP contribution in [-0.2, 0) is 16.0 Å². The zero-order valence-electron chi connectivity index (χ0n) is 48.7. The van der Waals surface area contributed by atoms with Crippen molar-refractivity contribution in [3.63, 3.8) is 0 Å². The van der Waals surface area contributed by atoms with Crippen LogP contribution in [0.15, 0.2) is 76.9 Å². The molecule has 7 aromatic rings. The summed E-state index contributed by atoms with van der Waals surface area (Å²) in [5.41, 5.74) is 5.10. The van der Waals surface area contributed by atoms with Crippen LogP contribution in [0.4, 0.5) is 20.4 Å². The molecule has 3 aromatic carbocycles. The van der Waals surface area contributed by atoms with Crippen molar-refractivity contribution in [3.8, 4) is 33.5 Å². The van der Waals surface area contributed by atoms with E-state index in [2.05, 4.69) is 47.3 Å². The van der Waals surface area contributed by atoms with Crippen molar-refractivity contribution in [1.82, 2.24) is 50.4 Å². The van der Waals surface area contributed by atoms with Gasteiger partial charge in [0.05, 0.1) is 33.6 Å². The van der Waals surface area contributed by atoms with Crippen molar-refractivity contribution in [2.45, 2.75) is 128 Å². The minimum Gasteiger partial charge on any atom is -0.508 e. The molecule has 0 saturated carbocycles. The topological polar surface area (TPSA) is 202 Å². The van der Waals surface area contributed by atoms with Crippen molar-refractivity contribution in [2.24, 2.45) is 5.92 Å². The number of carbonyl (C=O) groups is 2. The Hall–Kier alpha value is -6.91. The molecule has 444 valence electrons. The molecule has 18 nitrogen and oxygen atoms in total. The molecule has 21 heteroatoms. The summed E-state index contributed by atoms with van der Waals surface area (Å²) in [6, 6.07) is 18.4. The van der Waals surface area contributed by atoms with Gasteiger partial charge in [0, 0.05) is 108 Å². The summed E-state index contributed by atoms with van der Waals surface area (Å²) in [7, 11) is 0. The number of pyridine rings is 1. The molecule has 2 amide bonds. The lowest BCUT2D eigenvalue weighted by atomic mass is 9.91. The molecular formula is C63H76F2N12O6S. The molecular weight excluding hydrogens is 1090 g/mol. The molecule has 0 spiro atoms. The Kier molecular flexibility index (Phi) is 16.3. The highest BCUT2D eigenvalue weighted by Gasteiger charge is 2.45. The number of aliphatic hydroxyl groups is 1. The SMILES string of the molecule is CCc1cccc2cc(O)cc(-c3ncc4c(N5CC6CCC(C5)N6)nc(OCCN5CCC(F)(CN6CCN(c7cc([C@H](C(=O)N8C[C@H](O)C[C@H]8C(=O)N[C@@H](C)c8ccc(-c9scnc9C)cc8)C(C)C)on7)C[C@H]6C)CC5)nc4c3F)c12. The summed E-state index contributed by atoms with van der Waals surface area (Å²) in [5, 5.41) is 35.0. The summed E-state index contributed by atoms with van der Waals surface area (Å²) < 4.78 is 46.3. The van der Waals surface area contributed by atoms with Gasteiger partial charge in [-0.1, -0.05) is 68.4 Å². The average Bonchev–Trinajstić information content (AvgIpc) is 2.41. The summed E-state index contributed by atoms with van der Waals surface area (Å²) >= 11 is 1.58. The van der Waals surface area contributed by atoms with Gasteiger partial charge in [0.2, 0.25) is 11.8 Å². The number of halogens is 2. The lowest BCUT2D eigenvalue weighted by Gasteiger charge is -2.44. The highest BCUT2D eigenvalue weighted by atomic mass is 32.1. The number of alkyl halides is 1. The molecule has 0 aliphatic carbocycles. The van der Waals surface area contributed by atoms with E-state index in [1.54, 1.807) is 29.7 Å². The van der Waals surface area contributed by atoms with E-state index in [4.69, 9.17) is 24.2 Å². The third kappa shape index (κ3) is 11.7. The standard InChI is InChI=1S/C63H76F2N12O6S/c1-7-40-9-8-10-43-25-46(78)26-48(54(40)43)56-55(64)57-49(29-66-56)59(76-31-44-15-16-45(32-76)69-44)71-62(70-57)82-24-23-73-19-17-63(65,18-20-73)34-75-22-21-74(30-37(75)4)52-28-51(83-72-52)53(36(2)3)61(81)77-33-47(79)27-50(77)60(80)68-38(5)41-11-13-42(14-12-41)58-39(6)67-35-84-58/h8-14,25-26,28-29,35-38,44-45,47,50,53,69,78-79H,7,15-24,27,30-34H2,1-6H3,(H,68,80)/t37-,38+,44?,45?,47-,50+,53-/m1/s1. The molecule has 5 saturated heterocycles. The fraction of sp³-hybridized carbons (Fsp3) is 0.508. The highest BCUT2D eigenvalue weighted by molar-refractivity contribution is 7.13. The van der Waals surface area contributed by atoms with Gasteiger partial charge in [0.15, 0.2) is 17.4 Å². The molecule has 5 fully saturated rings. The summed E-state index contributed by atoms with van der Waals surface area (Å²) in [6.45, 7) is 17.3. The van der Waals surface area contributed by atoms with E-state index in [0.29, 0.717) is 119 Å². The Morgan fingerprint density at radius 1 is 0.964 bits per heavy atom. The largest absolute Gasteiger partial charge is 0.508 e. The third-order valence-electron chi connectivity index (χ3n) is 18.2. The first-order valence-corrected chi connectivity index (χ1v) is 30.8. The van der Waals surface area contributed by atoms with Crippen LogP contribution < -0.4 is 25.2 Å². The normalized spacial score (nSPS) is 22.8. The smallest absolute Gasteiger partial charge is 0.319 e. The fourth-order valence-corrected chi connectivity index (χ4v) is 14.4. The van der Waals surface area contributed by atoms with Crippen LogP contribution >= 0.6 is 11.3 Å². The maximum atomic E-state index is 17.2. The predicted molar refractivity (Wildman–Crippen MR) is 321 cm³/mol. The number of phenolic OH excluding ortho intramolecular Hbond substituents is 1. The van der Waals surface area contributed by atoms with E-state index in [9.17, 15) is 19.8 Å². The molecule has 12 rings (SSSR count). The Balaban J connectivity index is 0.652. The number of piperidine rings is 1. The number of anilines is 2. The van der Waals surface area contributed by atoms with E-state index >= 15 is 8.78 Å². The summed E-state index contributed by atoms with van der Waals surface area (Å²) in [6.07, 6.45) is 4.49. The van der Waals surface area contributed by atoms with Crippen LogP contribution in [0.1, 0.15) is 101 Å². The van der Waals surface area contributed by atoms with Gasteiger partial charge < -0.3 is 44.8 Å². The van der Waals surface area contributed by atoms with Gasteiger partial charge in [-0.25, -0.2) is 13.8 Å². The van der Waals surface area contributed by atoms with Crippen LogP contribution in [0.2, 0.25) is 0 Å². The minimum absolute atomic E-state index is 0.00145. The quantitative estimate of drug-likeness (QED) is 0.0675. The Bertz CT molecular complexity index is 3530. The lowest BCUT2D eigenvalue weighted by Crippen LogP contribution is -2.57. The molecule has 2 unspecified atom stereocenters. The predicted octanol–water partition coefficient (Wildman–Crippen LogP) is 8.59. The van der Waals surface area contributed by atoms with E-state index in [0.717, 1.165) is 50.9 Å². The number of piperazine rings is 2. The molecule has 4 aromatic heterocycles. The first-order valence-electron chi connectivity index (χ1n) is 29.9. The van der Waals surface area contributed by atoms with Crippen molar-refractivity contribution in [2.75, 3.05) is 81.9 Å². The van der Waals surface area contributed by atoms with Gasteiger partial charge in [0.25, 0.3) is 0 Å². The number of phenols is 1. The van der Waals surface area contributed by atoms with Crippen LogP contribution in [0.5, 0.6) is 11.8 Å². The van der Waals surface area contributed by atoms with Crippen molar-refractivity contribution in [3.05, 3.63) is 101 Å². The van der Waals surface area contributed by atoms with Crippen LogP contribution in [0, 0.1) is 18.7 Å². The number of amides is 2. The monoisotopic (exact) mass is 1170 g/mol. The number of ether oxygens (including phenoxy) is 1. The summed E-state index contributed by atoms with van der Waals surface area (Å²) in [5.74, 6) is -0.577. The third-order valence-corrected chi connectivity index (χ3v) is 19.2. The zero-order chi connectivity index (χ0) is 58.6. The van der Waals surface area contributed by atoms with Crippen molar-refractivity contribution >= 4 is 56.5 Å². The second-order valence-corrected chi connectivity index (χ2v) is 25.2. The van der Waals surface area contributed by atoms with Crippen LogP contribution in [-0.4, -0.2) is 170 Å². The van der Waals surface area contributed by atoms with E-state index in [1.807, 2.05) is 88.7 Å². The second kappa shape index (κ2) is 23.9. The fourth-order valence-electron chi connectivity index (χ4n) is 13.5. The molecule has 4 N–H and O–H groups in total. The summed E-state index contributed by atoms with van der Waals surface area (Å²) in [4.78, 5) is 58.4. The number of β-amino-alcohol motifs (C(OH)–C–C–N with tert-alkyl or cyclic N) is 1. The number of aromatic hydroxyl groups is 1. The number of hydrogen-bond acceptors (Lipinski definition) is 17. The van der Waals surface area contributed by atoms with Crippen LogP contribution in [0.3, 0.4) is 0 Å². The number of aryl methyl sites for hydroxylation is 2. The Morgan fingerprint density at radius 3 is 2.45 bits per heavy atom. The zero-order valence-corrected chi connectivity index (χ0v) is 49.5. The molecule has 9 heterocycles. The van der Waals surface area contributed by atoms with Crippen molar-refractivity contribution < 1.29 is 37.8 Å². The number of aliphatic hydroxyl groups excluding tert-OH is 1. The maximum Gasteiger partial charge on any atom is 0.319 e. The van der Waals surface area contributed by atoms with E-state index < -0.39 is 29.5 Å². The van der Waals surface area contributed by atoms with Crippen molar-refractivity contribution in [1.29, 1.82) is 0 Å². The second-order valence-electron chi connectivity index (χ2n) is 24.3. The first kappa shape index (κ1) is 57.5. The van der Waals surface area contributed by atoms with Gasteiger partial charge in [-0.15, -0.1) is 11.3 Å². The molecule has 84 heavy (non-hydrogen) atoms. The molecule has 7 atom stereocenters. The van der Waals surface area contributed by atoms with Gasteiger partial charge in [-0.05, 0) is 98.4 Å². The van der Waals surface area contributed by atoms with Gasteiger partial charge >= 0.3 is 6.01 Å². The minimum atomic E-state index is -1.39. The average molecular weight is 1170 g/mol. The van der Waals surface area contributed by atoms with Gasteiger partial charge in [-0.2, -0.15) is 9.97 Å². The van der Waals surface area contributed by atoms with E-state index in [-0.39, 0.29) is 72.4 Å². The molecule has 5 aliphatic rings. The molecule has 2 bridgehead atoms. The Morgan fingerprint density at radius 2 is 1.74 bits per heavy atom. The number of aromatic nitrogens is 5. The number of carbonyl (C=O) groups excluding carboxylic acids is 2. The number of likely N-dealkylation sites (tertiary alicyclic amines) is 2. The first-order chi connectivity index (χ1) is 40.5. The molecule has 0 radical (unpaired) electrons. The Labute approximate surface area is 492 Å². The number of fused-ring (bicyclic) bond motifs is 4. The number of nitrogens with one attached hydrogen (secondary N) is 2. The van der Waals surface area contributed by atoms with Gasteiger partial charge in [-0.3, -0.25) is 24.4 Å². The number of nitrogens with zero attached hydrogens (tertiary/aromatic N) is 10. The van der Waals surface area contributed by atoms with Crippen LogP contribution in [0.25, 0.3) is 43.4 Å². The number of thiazole rings is 1. The number of rotatable bonds is 17.